The molecule has 1 atom stereocenters. The molecule has 0 radical (unpaired) electrons. The van der Waals surface area contributed by atoms with E-state index in [9.17, 15) is 4.79 Å². The number of aromatic nitrogens is 1. The topological polar surface area (TPSA) is 48.9 Å². The van der Waals surface area contributed by atoms with Gasteiger partial charge in [-0.3, -0.25) is 19.6 Å². The van der Waals surface area contributed by atoms with Gasteiger partial charge in [-0.25, -0.2) is 0 Å². The molecule has 4 heterocycles. The number of piperazine rings is 1. The molecule has 6 nitrogen and oxygen atoms in total. The van der Waals surface area contributed by atoms with E-state index >= 15 is 0 Å². The quantitative estimate of drug-likeness (QED) is 0.798. The van der Waals surface area contributed by atoms with Gasteiger partial charge >= 0.3 is 0 Å². The van der Waals surface area contributed by atoms with Gasteiger partial charge in [0.1, 0.15) is 11.7 Å². The maximum absolute atomic E-state index is 13.6. The molecule has 5 rings (SSSR count). The number of amides is 1. The van der Waals surface area contributed by atoms with Crippen LogP contribution in [-0.4, -0.2) is 70.1 Å². The average molecular weight is 393 g/mol. The number of hydrogen-bond donors (Lipinski definition) is 0. The fourth-order valence-electron chi connectivity index (χ4n) is 5.23. The van der Waals surface area contributed by atoms with E-state index in [1.54, 1.807) is 6.20 Å². The lowest BCUT2D eigenvalue weighted by Crippen LogP contribution is -2.61. The van der Waals surface area contributed by atoms with Crippen LogP contribution < -0.4 is 0 Å². The van der Waals surface area contributed by atoms with Crippen LogP contribution in [0.1, 0.15) is 24.0 Å². The lowest BCUT2D eigenvalue weighted by Gasteiger charge is -2.49. The van der Waals surface area contributed by atoms with Crippen molar-refractivity contribution in [1.82, 2.24) is 19.7 Å². The Kier molecular flexibility index (Phi) is 5.08. The van der Waals surface area contributed by atoms with E-state index in [1.807, 2.05) is 18.3 Å². The van der Waals surface area contributed by atoms with Crippen molar-refractivity contribution in [1.29, 1.82) is 0 Å². The van der Waals surface area contributed by atoms with Gasteiger partial charge in [0.25, 0.3) is 0 Å². The molecule has 152 valence electrons. The van der Waals surface area contributed by atoms with Crippen LogP contribution in [0.5, 0.6) is 0 Å². The second kappa shape index (κ2) is 7.86. The minimum atomic E-state index is -0.198. The molecule has 1 aromatic heterocycles. The van der Waals surface area contributed by atoms with E-state index < -0.39 is 0 Å². The molecule has 0 unspecified atom stereocenters. The Bertz CT molecular complexity index is 838. The molecular formula is C23H28N4O2. The second-order valence-corrected chi connectivity index (χ2v) is 8.31. The van der Waals surface area contributed by atoms with Crippen LogP contribution >= 0.6 is 0 Å². The van der Waals surface area contributed by atoms with Crippen LogP contribution in [0.15, 0.2) is 54.9 Å². The number of carbonyl (C=O) groups excluding carboxylic acids is 1. The van der Waals surface area contributed by atoms with Gasteiger partial charge in [-0.2, -0.15) is 0 Å². The minimum Gasteiger partial charge on any atom is -0.381 e. The summed E-state index contributed by atoms with van der Waals surface area (Å²) in [4.78, 5) is 24.9. The molecule has 3 aliphatic heterocycles. The summed E-state index contributed by atoms with van der Waals surface area (Å²) in [6, 6.07) is 14.4. The minimum absolute atomic E-state index is 0.0674. The highest BCUT2D eigenvalue weighted by atomic mass is 16.5. The van der Waals surface area contributed by atoms with Crippen molar-refractivity contribution < 1.29 is 9.53 Å². The SMILES string of the molecule is O=C1[C@H]2CN(Cc3cccnc3)CCN2C2(CCOCC2)N1Cc1ccccc1. The largest absolute Gasteiger partial charge is 0.381 e. The Morgan fingerprint density at radius 3 is 2.55 bits per heavy atom. The van der Waals surface area contributed by atoms with Crippen molar-refractivity contribution in [2.45, 2.75) is 37.6 Å². The van der Waals surface area contributed by atoms with Gasteiger partial charge in [-0.1, -0.05) is 36.4 Å². The fourth-order valence-corrected chi connectivity index (χ4v) is 5.23. The first kappa shape index (κ1) is 18.7. The summed E-state index contributed by atoms with van der Waals surface area (Å²) >= 11 is 0. The molecule has 1 amide bonds. The fraction of sp³-hybridized carbons (Fsp3) is 0.478. The van der Waals surface area contributed by atoms with Gasteiger partial charge in [0, 0.05) is 58.0 Å². The third-order valence-corrected chi connectivity index (χ3v) is 6.66. The Hall–Kier alpha value is -2.28. The van der Waals surface area contributed by atoms with Crippen LogP contribution in [0.3, 0.4) is 0 Å². The molecular weight excluding hydrogens is 364 g/mol. The Labute approximate surface area is 172 Å². The molecule has 0 bridgehead atoms. The molecule has 3 fully saturated rings. The molecule has 3 saturated heterocycles. The van der Waals surface area contributed by atoms with Crippen molar-refractivity contribution in [3.63, 3.8) is 0 Å². The van der Waals surface area contributed by atoms with Crippen LogP contribution in [0, 0.1) is 0 Å². The van der Waals surface area contributed by atoms with Crippen LogP contribution in [-0.2, 0) is 22.6 Å². The van der Waals surface area contributed by atoms with Crippen molar-refractivity contribution in [3.05, 3.63) is 66.0 Å². The highest BCUT2D eigenvalue weighted by molar-refractivity contribution is 5.85. The van der Waals surface area contributed by atoms with E-state index in [1.165, 1.54) is 11.1 Å². The molecule has 0 saturated carbocycles. The van der Waals surface area contributed by atoms with E-state index in [2.05, 4.69) is 50.0 Å². The van der Waals surface area contributed by atoms with E-state index in [4.69, 9.17) is 4.74 Å². The standard InChI is InChI=1S/C23H28N4O2/c28-22-21-18-25(16-20-7-4-10-24-15-20)11-12-26(21)23(8-13-29-14-9-23)27(22)17-19-5-2-1-3-6-19/h1-7,10,15,21H,8-9,11-14,16-18H2/t21-/m1/s1. The molecule has 0 aliphatic carbocycles. The lowest BCUT2D eigenvalue weighted by molar-refractivity contribution is -0.137. The summed E-state index contributed by atoms with van der Waals surface area (Å²) in [6.07, 6.45) is 5.51. The Morgan fingerprint density at radius 1 is 1.00 bits per heavy atom. The lowest BCUT2D eigenvalue weighted by atomic mass is 9.96. The van der Waals surface area contributed by atoms with Gasteiger partial charge in [-0.15, -0.1) is 0 Å². The number of hydrogen-bond acceptors (Lipinski definition) is 5. The normalized spacial score (nSPS) is 24.8. The molecule has 2 aromatic rings. The van der Waals surface area contributed by atoms with Crippen LogP contribution in [0.25, 0.3) is 0 Å². The number of carbonyl (C=O) groups is 1. The van der Waals surface area contributed by atoms with Crippen molar-refractivity contribution >= 4 is 5.91 Å². The average Bonchev–Trinajstić information content (AvgIpc) is 2.98. The third kappa shape index (κ3) is 3.45. The van der Waals surface area contributed by atoms with E-state index in [0.717, 1.165) is 52.2 Å². The van der Waals surface area contributed by atoms with Crippen LogP contribution in [0.4, 0.5) is 0 Å². The third-order valence-electron chi connectivity index (χ3n) is 6.66. The predicted octanol–water partition coefficient (Wildman–Crippen LogP) is 2.12. The molecule has 0 N–H and O–H groups in total. The number of nitrogens with zero attached hydrogens (tertiary/aromatic N) is 4. The smallest absolute Gasteiger partial charge is 0.243 e. The summed E-state index contributed by atoms with van der Waals surface area (Å²) in [5, 5.41) is 0. The highest BCUT2D eigenvalue weighted by Gasteiger charge is 2.57. The number of pyridine rings is 1. The number of benzene rings is 1. The van der Waals surface area contributed by atoms with Crippen molar-refractivity contribution in [2.24, 2.45) is 0 Å². The zero-order valence-electron chi connectivity index (χ0n) is 16.7. The zero-order chi connectivity index (χ0) is 19.7. The second-order valence-electron chi connectivity index (χ2n) is 8.31. The van der Waals surface area contributed by atoms with Crippen molar-refractivity contribution in [2.75, 3.05) is 32.8 Å². The predicted molar refractivity (Wildman–Crippen MR) is 110 cm³/mol. The summed E-state index contributed by atoms with van der Waals surface area (Å²) in [7, 11) is 0. The summed E-state index contributed by atoms with van der Waals surface area (Å²) in [6.45, 7) is 5.64. The molecule has 3 aliphatic rings. The van der Waals surface area contributed by atoms with E-state index in [0.29, 0.717) is 6.54 Å². The van der Waals surface area contributed by atoms with Gasteiger partial charge in [-0.05, 0) is 17.2 Å². The number of ether oxygens (including phenoxy) is 1. The highest BCUT2D eigenvalue weighted by Crippen LogP contribution is 2.42. The Morgan fingerprint density at radius 2 is 1.79 bits per heavy atom. The van der Waals surface area contributed by atoms with Gasteiger partial charge in [0.2, 0.25) is 5.91 Å². The van der Waals surface area contributed by atoms with E-state index in [-0.39, 0.29) is 17.6 Å². The monoisotopic (exact) mass is 392 g/mol. The molecule has 6 heteroatoms. The first-order chi connectivity index (χ1) is 14.3. The molecule has 1 aromatic carbocycles. The van der Waals surface area contributed by atoms with Gasteiger partial charge in [0.15, 0.2) is 0 Å². The zero-order valence-corrected chi connectivity index (χ0v) is 16.7. The first-order valence-electron chi connectivity index (χ1n) is 10.6. The number of fused-ring (bicyclic) bond motifs is 2. The first-order valence-corrected chi connectivity index (χ1v) is 10.6. The summed E-state index contributed by atoms with van der Waals surface area (Å²) < 4.78 is 5.69. The molecule has 29 heavy (non-hydrogen) atoms. The Balaban J connectivity index is 1.39. The van der Waals surface area contributed by atoms with Gasteiger partial charge < -0.3 is 9.64 Å². The molecule has 1 spiro atoms. The summed E-state index contributed by atoms with van der Waals surface area (Å²) in [5.74, 6) is 0.270. The van der Waals surface area contributed by atoms with Crippen LogP contribution in [0.2, 0.25) is 0 Å². The van der Waals surface area contributed by atoms with Crippen molar-refractivity contribution in [3.8, 4) is 0 Å². The maximum atomic E-state index is 13.6. The number of rotatable bonds is 4. The maximum Gasteiger partial charge on any atom is 0.243 e. The summed E-state index contributed by atoms with van der Waals surface area (Å²) in [5.41, 5.74) is 2.20. The van der Waals surface area contributed by atoms with Gasteiger partial charge in [0.05, 0.1) is 13.2 Å².